The highest BCUT2D eigenvalue weighted by Crippen LogP contribution is 2.21. The van der Waals surface area contributed by atoms with Crippen LogP contribution in [0.1, 0.15) is 25.6 Å². The van der Waals surface area contributed by atoms with Crippen LogP contribution < -0.4 is 15.4 Å². The average Bonchev–Trinajstić information content (AvgIpc) is 2.99. The summed E-state index contributed by atoms with van der Waals surface area (Å²) in [4.78, 5) is 16.6. The fraction of sp³-hybridized carbons (Fsp3) is 0.444. The van der Waals surface area contributed by atoms with E-state index in [1.165, 1.54) is 0 Å². The Balaban J connectivity index is 1.52. The molecule has 1 saturated heterocycles. The number of aryl methyl sites for hydroxylation is 1. The molecule has 0 aliphatic carbocycles. The first-order valence-electron chi connectivity index (χ1n) is 8.35. The molecule has 0 unspecified atom stereocenters. The van der Waals surface area contributed by atoms with E-state index in [2.05, 4.69) is 22.5 Å². The molecule has 0 bridgehead atoms. The number of amides is 1. The van der Waals surface area contributed by atoms with Crippen molar-refractivity contribution < 1.29 is 9.53 Å². The zero-order valence-corrected chi connectivity index (χ0v) is 14.2. The summed E-state index contributed by atoms with van der Waals surface area (Å²) >= 11 is 0. The first-order chi connectivity index (χ1) is 11.6. The Morgan fingerprint density at radius 3 is 2.88 bits per heavy atom. The minimum atomic E-state index is 0.0839. The van der Waals surface area contributed by atoms with Gasteiger partial charge in [-0.3, -0.25) is 4.79 Å². The highest BCUT2D eigenvalue weighted by molar-refractivity contribution is 5.92. The van der Waals surface area contributed by atoms with E-state index >= 15 is 0 Å². The number of piperidine rings is 1. The van der Waals surface area contributed by atoms with E-state index in [1.807, 2.05) is 42.1 Å². The highest BCUT2D eigenvalue weighted by atomic mass is 16.5. The van der Waals surface area contributed by atoms with Gasteiger partial charge in [0.05, 0.1) is 0 Å². The van der Waals surface area contributed by atoms with Crippen LogP contribution in [0.2, 0.25) is 0 Å². The number of hydrogen-bond donors (Lipinski definition) is 2. The van der Waals surface area contributed by atoms with Gasteiger partial charge in [0.2, 0.25) is 5.91 Å². The molecule has 1 aromatic carbocycles. The molecule has 3 rings (SSSR count). The lowest BCUT2D eigenvalue weighted by atomic mass is 9.92. The molecule has 0 radical (unpaired) electrons. The zero-order valence-electron chi connectivity index (χ0n) is 14.2. The van der Waals surface area contributed by atoms with Crippen LogP contribution in [0.5, 0.6) is 5.75 Å². The van der Waals surface area contributed by atoms with E-state index in [0.29, 0.717) is 12.6 Å². The van der Waals surface area contributed by atoms with E-state index in [4.69, 9.17) is 4.74 Å². The highest BCUT2D eigenvalue weighted by Gasteiger charge is 2.24. The molecule has 0 saturated carbocycles. The summed E-state index contributed by atoms with van der Waals surface area (Å²) in [6, 6.07) is 7.87. The Morgan fingerprint density at radius 2 is 2.21 bits per heavy atom. The summed E-state index contributed by atoms with van der Waals surface area (Å²) in [6.45, 7) is 3.44. The van der Waals surface area contributed by atoms with E-state index < -0.39 is 0 Å². The molecule has 1 fully saturated rings. The van der Waals surface area contributed by atoms with Crippen LogP contribution in [0, 0.1) is 5.92 Å². The van der Waals surface area contributed by atoms with E-state index in [0.717, 1.165) is 36.6 Å². The number of benzene rings is 1. The maximum Gasteiger partial charge on any atom is 0.227 e. The molecule has 1 aliphatic heterocycles. The van der Waals surface area contributed by atoms with Gasteiger partial charge in [0, 0.05) is 37.1 Å². The smallest absolute Gasteiger partial charge is 0.227 e. The molecule has 0 spiro atoms. The van der Waals surface area contributed by atoms with Crippen molar-refractivity contribution in [2.45, 2.75) is 32.4 Å². The van der Waals surface area contributed by atoms with Gasteiger partial charge in [-0.2, -0.15) is 0 Å². The fourth-order valence-electron chi connectivity index (χ4n) is 2.93. The Bertz CT molecular complexity index is 681. The third kappa shape index (κ3) is 4.14. The number of rotatable bonds is 5. The Morgan fingerprint density at radius 1 is 1.42 bits per heavy atom. The maximum atomic E-state index is 12.3. The second kappa shape index (κ2) is 7.49. The number of anilines is 1. The molecule has 24 heavy (non-hydrogen) atoms. The Labute approximate surface area is 142 Å². The predicted octanol–water partition coefficient (Wildman–Crippen LogP) is 2.33. The van der Waals surface area contributed by atoms with Crippen molar-refractivity contribution in [3.8, 4) is 5.75 Å². The van der Waals surface area contributed by atoms with Gasteiger partial charge in [-0.15, -0.1) is 0 Å². The Kier molecular flexibility index (Phi) is 5.15. The number of carbonyl (C=O) groups excluding carboxylic acids is 1. The second-order valence-electron chi connectivity index (χ2n) is 6.33. The van der Waals surface area contributed by atoms with Crippen LogP contribution in [0.4, 0.5) is 5.69 Å². The molecule has 1 aliphatic rings. The third-order valence-corrected chi connectivity index (χ3v) is 4.41. The monoisotopic (exact) mass is 328 g/mol. The molecule has 2 atom stereocenters. The van der Waals surface area contributed by atoms with E-state index in [9.17, 15) is 4.79 Å². The zero-order chi connectivity index (χ0) is 16.9. The molecular formula is C18H24N4O2. The van der Waals surface area contributed by atoms with Crippen molar-refractivity contribution in [1.82, 2.24) is 14.9 Å². The number of carbonyl (C=O) groups is 1. The van der Waals surface area contributed by atoms with E-state index in [-0.39, 0.29) is 11.8 Å². The fourth-order valence-corrected chi connectivity index (χ4v) is 2.93. The van der Waals surface area contributed by atoms with Crippen molar-refractivity contribution in [3.05, 3.63) is 42.5 Å². The number of ether oxygens (including phenoxy) is 1. The van der Waals surface area contributed by atoms with Crippen LogP contribution >= 0.6 is 0 Å². The molecule has 6 nitrogen and oxygen atoms in total. The van der Waals surface area contributed by atoms with Crippen molar-refractivity contribution in [1.29, 1.82) is 0 Å². The standard InChI is InChI=1S/C18H24N4O2/c1-13-11-14(7-8-19-13)18(23)21-15-3-5-16(6-4-15)24-12-17-20-9-10-22(17)2/h3-6,9-10,13-14,19H,7-8,11-12H2,1-2H3,(H,21,23)/t13-,14-/m0/s1. The predicted molar refractivity (Wildman–Crippen MR) is 92.8 cm³/mol. The van der Waals surface area contributed by atoms with Gasteiger partial charge in [0.1, 0.15) is 18.2 Å². The van der Waals surface area contributed by atoms with Crippen molar-refractivity contribution in [2.24, 2.45) is 13.0 Å². The quantitative estimate of drug-likeness (QED) is 0.884. The minimum Gasteiger partial charge on any atom is -0.486 e. The SMILES string of the molecule is C[C@H]1C[C@@H](C(=O)Nc2ccc(OCc3nccn3C)cc2)CCN1. The van der Waals surface area contributed by atoms with E-state index in [1.54, 1.807) is 6.20 Å². The minimum absolute atomic E-state index is 0.0839. The van der Waals surface area contributed by atoms with Gasteiger partial charge in [0.25, 0.3) is 0 Å². The first kappa shape index (κ1) is 16.5. The second-order valence-corrected chi connectivity index (χ2v) is 6.33. The van der Waals surface area contributed by atoms with Crippen molar-refractivity contribution >= 4 is 11.6 Å². The maximum absolute atomic E-state index is 12.3. The van der Waals surface area contributed by atoms with Gasteiger partial charge in [-0.05, 0) is 50.6 Å². The van der Waals surface area contributed by atoms with Crippen LogP contribution in [-0.4, -0.2) is 28.0 Å². The number of hydrogen-bond acceptors (Lipinski definition) is 4. The summed E-state index contributed by atoms with van der Waals surface area (Å²) in [6.07, 6.45) is 5.41. The summed E-state index contributed by atoms with van der Waals surface area (Å²) in [7, 11) is 1.94. The van der Waals surface area contributed by atoms with Gasteiger partial charge in [0.15, 0.2) is 0 Å². The molecule has 2 aromatic rings. The lowest BCUT2D eigenvalue weighted by Gasteiger charge is -2.27. The summed E-state index contributed by atoms with van der Waals surface area (Å²) < 4.78 is 7.64. The summed E-state index contributed by atoms with van der Waals surface area (Å²) in [5.74, 6) is 1.81. The van der Waals surface area contributed by atoms with Crippen LogP contribution in [-0.2, 0) is 18.4 Å². The number of imidazole rings is 1. The lowest BCUT2D eigenvalue weighted by Crippen LogP contribution is -2.40. The van der Waals surface area contributed by atoms with Crippen LogP contribution in [0.25, 0.3) is 0 Å². The first-order valence-corrected chi connectivity index (χ1v) is 8.35. The average molecular weight is 328 g/mol. The lowest BCUT2D eigenvalue weighted by molar-refractivity contribution is -0.120. The number of aromatic nitrogens is 2. The molecule has 128 valence electrons. The van der Waals surface area contributed by atoms with Crippen molar-refractivity contribution in [3.63, 3.8) is 0 Å². The van der Waals surface area contributed by atoms with Gasteiger partial charge in [-0.1, -0.05) is 0 Å². The number of nitrogens with zero attached hydrogens (tertiary/aromatic N) is 2. The number of nitrogens with one attached hydrogen (secondary N) is 2. The molecular weight excluding hydrogens is 304 g/mol. The normalized spacial score (nSPS) is 20.6. The molecule has 2 heterocycles. The summed E-state index contributed by atoms with van der Waals surface area (Å²) in [5, 5.41) is 6.36. The van der Waals surface area contributed by atoms with Crippen LogP contribution in [0.3, 0.4) is 0 Å². The summed E-state index contributed by atoms with van der Waals surface area (Å²) in [5.41, 5.74) is 0.801. The van der Waals surface area contributed by atoms with Gasteiger partial charge >= 0.3 is 0 Å². The third-order valence-electron chi connectivity index (χ3n) is 4.41. The van der Waals surface area contributed by atoms with Crippen LogP contribution in [0.15, 0.2) is 36.7 Å². The molecule has 1 amide bonds. The topological polar surface area (TPSA) is 68.2 Å². The largest absolute Gasteiger partial charge is 0.486 e. The van der Waals surface area contributed by atoms with Gasteiger partial charge < -0.3 is 19.9 Å². The molecule has 2 N–H and O–H groups in total. The molecule has 1 aromatic heterocycles. The van der Waals surface area contributed by atoms with Gasteiger partial charge in [-0.25, -0.2) is 4.98 Å². The Hall–Kier alpha value is -2.34. The molecule has 6 heteroatoms. The van der Waals surface area contributed by atoms with Crippen molar-refractivity contribution in [2.75, 3.05) is 11.9 Å².